The predicted molar refractivity (Wildman–Crippen MR) is 100 cm³/mol. The third-order valence-corrected chi connectivity index (χ3v) is 4.57. The number of carbonyl (C=O) groups excluding carboxylic acids is 1. The molecule has 0 aliphatic carbocycles. The number of aryl methyl sites for hydroxylation is 2. The van der Waals surface area contributed by atoms with Gasteiger partial charge in [0.1, 0.15) is 12.4 Å². The van der Waals surface area contributed by atoms with Crippen molar-refractivity contribution < 1.29 is 4.79 Å². The summed E-state index contributed by atoms with van der Waals surface area (Å²) in [6.07, 6.45) is 1.63. The lowest BCUT2D eigenvalue weighted by atomic mass is 10.1. The summed E-state index contributed by atoms with van der Waals surface area (Å²) in [7, 11) is 0. The molecule has 0 bridgehead atoms. The average Bonchev–Trinajstić information content (AvgIpc) is 3.06. The van der Waals surface area contributed by atoms with E-state index in [1.165, 1.54) is 4.57 Å². The normalized spacial score (nSPS) is 11.2. The van der Waals surface area contributed by atoms with Crippen molar-refractivity contribution in [3.05, 3.63) is 69.9 Å². The number of hydrogen-bond acceptors (Lipinski definition) is 5. The molecule has 1 amide bonds. The van der Waals surface area contributed by atoms with E-state index in [-0.39, 0.29) is 23.7 Å². The zero-order valence-corrected chi connectivity index (χ0v) is 15.0. The van der Waals surface area contributed by atoms with E-state index in [1.807, 2.05) is 31.2 Å². The minimum Gasteiger partial charge on any atom is -0.350 e. The van der Waals surface area contributed by atoms with Crippen LogP contribution in [-0.2, 0) is 17.9 Å². The fraction of sp³-hybridized carbons (Fsp3) is 0.211. The first-order valence-corrected chi connectivity index (χ1v) is 8.56. The zero-order valence-electron chi connectivity index (χ0n) is 15.0. The summed E-state index contributed by atoms with van der Waals surface area (Å²) < 4.78 is 3.00. The first-order valence-electron chi connectivity index (χ1n) is 8.56. The highest BCUT2D eigenvalue weighted by molar-refractivity contribution is 5.80. The van der Waals surface area contributed by atoms with Gasteiger partial charge in [-0.1, -0.05) is 24.3 Å². The lowest BCUT2D eigenvalue weighted by Gasteiger charge is -2.12. The highest BCUT2D eigenvalue weighted by Gasteiger charge is 2.17. The summed E-state index contributed by atoms with van der Waals surface area (Å²) >= 11 is 0. The van der Waals surface area contributed by atoms with E-state index in [1.54, 1.807) is 29.7 Å². The minimum absolute atomic E-state index is 0.116. The van der Waals surface area contributed by atoms with Crippen molar-refractivity contribution in [3.8, 4) is 0 Å². The maximum Gasteiger partial charge on any atom is 0.297 e. The molecule has 0 spiro atoms. The molecule has 3 aromatic heterocycles. The maximum atomic E-state index is 12.9. The van der Waals surface area contributed by atoms with E-state index < -0.39 is 0 Å². The van der Waals surface area contributed by atoms with Crippen molar-refractivity contribution in [2.75, 3.05) is 0 Å². The Morgan fingerprint density at radius 1 is 1.07 bits per heavy atom. The molecular formula is C19H18N6O2. The van der Waals surface area contributed by atoms with Crippen LogP contribution in [0.3, 0.4) is 0 Å². The van der Waals surface area contributed by atoms with Crippen LogP contribution in [0.25, 0.3) is 16.8 Å². The second-order valence-corrected chi connectivity index (χ2v) is 6.35. The van der Waals surface area contributed by atoms with Crippen LogP contribution in [0.5, 0.6) is 0 Å². The summed E-state index contributed by atoms with van der Waals surface area (Å²) in [5, 5.41) is 10.8. The SMILES string of the molecule is Cc1ccccc1CNC(=O)Cn1c(=O)c2nnc(C)n2c2ncccc21. The molecule has 0 aliphatic heterocycles. The van der Waals surface area contributed by atoms with Gasteiger partial charge in [0, 0.05) is 12.7 Å². The molecule has 0 saturated heterocycles. The molecule has 136 valence electrons. The molecule has 4 rings (SSSR count). The van der Waals surface area contributed by atoms with Crippen molar-refractivity contribution in [2.45, 2.75) is 26.9 Å². The Kier molecular flexibility index (Phi) is 4.15. The highest BCUT2D eigenvalue weighted by Crippen LogP contribution is 2.12. The Hall–Kier alpha value is -3.55. The molecule has 0 saturated carbocycles. The Morgan fingerprint density at radius 3 is 2.70 bits per heavy atom. The number of fused-ring (bicyclic) bond motifs is 3. The van der Waals surface area contributed by atoms with Gasteiger partial charge >= 0.3 is 0 Å². The van der Waals surface area contributed by atoms with Crippen molar-refractivity contribution >= 4 is 22.7 Å². The number of nitrogens with zero attached hydrogens (tertiary/aromatic N) is 5. The summed E-state index contributed by atoms with van der Waals surface area (Å²) in [5.74, 6) is 0.313. The van der Waals surface area contributed by atoms with Gasteiger partial charge in [0.05, 0.1) is 5.52 Å². The zero-order chi connectivity index (χ0) is 19.0. The standard InChI is InChI=1S/C19H18N6O2/c1-12-6-3-4-7-14(12)10-21-16(26)11-24-15-8-5-9-20-17(15)25-13(2)22-23-18(25)19(24)27/h3-9H,10-11H2,1-2H3,(H,21,26). The first-order chi connectivity index (χ1) is 13.1. The smallest absolute Gasteiger partial charge is 0.297 e. The number of rotatable bonds is 4. The van der Waals surface area contributed by atoms with Gasteiger partial charge in [0.25, 0.3) is 5.56 Å². The van der Waals surface area contributed by atoms with Gasteiger partial charge in [0.2, 0.25) is 11.6 Å². The quantitative estimate of drug-likeness (QED) is 0.592. The summed E-state index contributed by atoms with van der Waals surface area (Å²) in [6, 6.07) is 11.3. The number of carbonyl (C=O) groups is 1. The largest absolute Gasteiger partial charge is 0.350 e. The molecule has 0 atom stereocenters. The Balaban J connectivity index is 1.69. The van der Waals surface area contributed by atoms with Crippen LogP contribution in [0.15, 0.2) is 47.4 Å². The monoisotopic (exact) mass is 362 g/mol. The van der Waals surface area contributed by atoms with Gasteiger partial charge in [-0.25, -0.2) is 4.98 Å². The van der Waals surface area contributed by atoms with Gasteiger partial charge in [-0.2, -0.15) is 0 Å². The summed E-state index contributed by atoms with van der Waals surface area (Å²) in [4.78, 5) is 29.7. The van der Waals surface area contributed by atoms with Crippen molar-refractivity contribution in [3.63, 3.8) is 0 Å². The maximum absolute atomic E-state index is 12.9. The van der Waals surface area contributed by atoms with Crippen LogP contribution >= 0.6 is 0 Å². The minimum atomic E-state index is -0.373. The lowest BCUT2D eigenvalue weighted by Crippen LogP contribution is -2.33. The molecule has 1 aromatic carbocycles. The van der Waals surface area contributed by atoms with Gasteiger partial charge in [-0.05, 0) is 37.1 Å². The number of aromatic nitrogens is 5. The molecule has 8 nitrogen and oxygen atoms in total. The number of amides is 1. The van der Waals surface area contributed by atoms with Gasteiger partial charge in [-0.3, -0.25) is 18.6 Å². The molecule has 0 radical (unpaired) electrons. The van der Waals surface area contributed by atoms with E-state index in [2.05, 4.69) is 20.5 Å². The predicted octanol–water partition coefficient (Wildman–Crippen LogP) is 1.37. The van der Waals surface area contributed by atoms with E-state index >= 15 is 0 Å². The van der Waals surface area contributed by atoms with Gasteiger partial charge in [-0.15, -0.1) is 10.2 Å². The molecule has 27 heavy (non-hydrogen) atoms. The second kappa shape index (κ2) is 6.64. The first kappa shape index (κ1) is 16.9. The van der Waals surface area contributed by atoms with E-state index in [4.69, 9.17) is 0 Å². The highest BCUT2D eigenvalue weighted by atomic mass is 16.2. The average molecular weight is 362 g/mol. The van der Waals surface area contributed by atoms with E-state index in [0.29, 0.717) is 23.5 Å². The number of pyridine rings is 1. The Morgan fingerprint density at radius 2 is 1.89 bits per heavy atom. The van der Waals surface area contributed by atoms with E-state index in [9.17, 15) is 9.59 Å². The Labute approximate surface area is 154 Å². The van der Waals surface area contributed by atoms with Crippen LogP contribution < -0.4 is 10.9 Å². The van der Waals surface area contributed by atoms with Crippen molar-refractivity contribution in [1.82, 2.24) is 29.5 Å². The van der Waals surface area contributed by atoms with Gasteiger partial charge in [0.15, 0.2) is 5.65 Å². The third-order valence-electron chi connectivity index (χ3n) is 4.57. The fourth-order valence-corrected chi connectivity index (χ4v) is 3.11. The number of hydrogen-bond donors (Lipinski definition) is 1. The van der Waals surface area contributed by atoms with Crippen LogP contribution in [0.1, 0.15) is 17.0 Å². The molecule has 0 unspecified atom stereocenters. The van der Waals surface area contributed by atoms with Crippen molar-refractivity contribution in [2.24, 2.45) is 0 Å². The van der Waals surface area contributed by atoms with Crippen LogP contribution in [0, 0.1) is 13.8 Å². The molecule has 1 N–H and O–H groups in total. The van der Waals surface area contributed by atoms with Crippen LogP contribution in [0.2, 0.25) is 0 Å². The van der Waals surface area contributed by atoms with Crippen LogP contribution in [0.4, 0.5) is 0 Å². The van der Waals surface area contributed by atoms with Crippen molar-refractivity contribution in [1.29, 1.82) is 0 Å². The number of benzene rings is 1. The second-order valence-electron chi connectivity index (χ2n) is 6.35. The van der Waals surface area contributed by atoms with E-state index in [0.717, 1.165) is 11.1 Å². The molecule has 3 heterocycles. The molecule has 8 heteroatoms. The molecular weight excluding hydrogens is 344 g/mol. The summed E-state index contributed by atoms with van der Waals surface area (Å²) in [6.45, 7) is 4.04. The third kappa shape index (κ3) is 2.95. The van der Waals surface area contributed by atoms with Gasteiger partial charge < -0.3 is 5.32 Å². The molecule has 0 aliphatic rings. The molecule has 4 aromatic rings. The van der Waals surface area contributed by atoms with Crippen LogP contribution in [-0.4, -0.2) is 30.1 Å². The summed E-state index contributed by atoms with van der Waals surface area (Å²) in [5.41, 5.74) is 3.02. The topological polar surface area (TPSA) is 94.2 Å². The fourth-order valence-electron chi connectivity index (χ4n) is 3.11. The Bertz CT molecular complexity index is 1220. The lowest BCUT2D eigenvalue weighted by molar-refractivity contribution is -0.121. The molecule has 0 fully saturated rings. The number of nitrogens with one attached hydrogen (secondary N) is 1.